The topological polar surface area (TPSA) is 49.4 Å². The van der Waals surface area contributed by atoms with Crippen LogP contribution in [0.4, 0.5) is 4.39 Å². The molecule has 1 unspecified atom stereocenters. The van der Waals surface area contributed by atoms with Crippen molar-refractivity contribution >= 4 is 35.2 Å². The highest BCUT2D eigenvalue weighted by Gasteiger charge is 2.25. The largest absolute Gasteiger partial charge is 0.357 e. The van der Waals surface area contributed by atoms with Crippen molar-refractivity contribution in [2.45, 2.75) is 25.3 Å². The van der Waals surface area contributed by atoms with Crippen LogP contribution in [0, 0.1) is 5.82 Å². The van der Waals surface area contributed by atoms with Crippen LogP contribution < -0.4 is 5.32 Å². The summed E-state index contributed by atoms with van der Waals surface area (Å²) >= 11 is 7.23. The average Bonchev–Trinajstić information content (AvgIpc) is 2.67. The first-order valence-electron chi connectivity index (χ1n) is 8.49. The molecular formula is C20H22ClFN2O2S. The molecule has 0 saturated heterocycles. The van der Waals surface area contributed by atoms with E-state index in [0.717, 1.165) is 5.56 Å². The second kappa shape index (κ2) is 10.3. The van der Waals surface area contributed by atoms with Crippen LogP contribution in [0.5, 0.6) is 0 Å². The summed E-state index contributed by atoms with van der Waals surface area (Å²) in [5.74, 6) is -0.154. The van der Waals surface area contributed by atoms with Crippen molar-refractivity contribution in [3.63, 3.8) is 0 Å². The molecular weight excluding hydrogens is 387 g/mol. The fourth-order valence-corrected chi connectivity index (χ4v) is 3.55. The fraction of sp³-hybridized carbons (Fsp3) is 0.300. The van der Waals surface area contributed by atoms with Crippen molar-refractivity contribution in [2.24, 2.45) is 0 Å². The van der Waals surface area contributed by atoms with Crippen molar-refractivity contribution in [2.75, 3.05) is 12.8 Å². The SMILES string of the molecule is CNC(=O)C(C)N(Cc1ccc(Cl)cc1)C(=O)CSCc1ccccc1F. The number of amides is 2. The van der Waals surface area contributed by atoms with Gasteiger partial charge in [-0.2, -0.15) is 0 Å². The molecule has 0 heterocycles. The molecule has 0 saturated carbocycles. The van der Waals surface area contributed by atoms with Crippen LogP contribution in [-0.4, -0.2) is 35.6 Å². The van der Waals surface area contributed by atoms with Gasteiger partial charge in [-0.3, -0.25) is 9.59 Å². The molecule has 7 heteroatoms. The molecule has 0 aliphatic heterocycles. The van der Waals surface area contributed by atoms with Crippen LogP contribution in [-0.2, 0) is 21.9 Å². The maximum atomic E-state index is 13.7. The van der Waals surface area contributed by atoms with Crippen LogP contribution in [0.15, 0.2) is 48.5 Å². The molecule has 1 atom stereocenters. The van der Waals surface area contributed by atoms with Gasteiger partial charge in [0.1, 0.15) is 11.9 Å². The van der Waals surface area contributed by atoms with Gasteiger partial charge in [-0.1, -0.05) is 41.9 Å². The van der Waals surface area contributed by atoms with Crippen molar-refractivity contribution in [1.29, 1.82) is 0 Å². The summed E-state index contributed by atoms with van der Waals surface area (Å²) in [4.78, 5) is 26.3. The summed E-state index contributed by atoms with van der Waals surface area (Å²) in [5, 5.41) is 3.18. The Hall–Kier alpha value is -2.05. The summed E-state index contributed by atoms with van der Waals surface area (Å²) in [6.07, 6.45) is 0. The molecule has 2 aromatic rings. The van der Waals surface area contributed by atoms with Gasteiger partial charge in [-0.25, -0.2) is 4.39 Å². The molecule has 0 bridgehead atoms. The van der Waals surface area contributed by atoms with E-state index < -0.39 is 6.04 Å². The molecule has 0 spiro atoms. The predicted octanol–water partition coefficient (Wildman–Crippen LogP) is 3.88. The normalized spacial score (nSPS) is 11.7. The lowest BCUT2D eigenvalue weighted by Gasteiger charge is -2.28. The highest BCUT2D eigenvalue weighted by Crippen LogP contribution is 2.18. The minimum absolute atomic E-state index is 0.156. The number of hydrogen-bond donors (Lipinski definition) is 1. The number of nitrogens with zero attached hydrogens (tertiary/aromatic N) is 1. The summed E-state index contributed by atoms with van der Waals surface area (Å²) in [6, 6.07) is 13.0. The molecule has 2 rings (SSSR count). The molecule has 4 nitrogen and oxygen atoms in total. The molecule has 27 heavy (non-hydrogen) atoms. The second-order valence-corrected chi connectivity index (χ2v) is 7.44. The first-order chi connectivity index (χ1) is 12.9. The molecule has 0 fully saturated rings. The first-order valence-corrected chi connectivity index (χ1v) is 10.0. The van der Waals surface area contributed by atoms with E-state index in [-0.39, 0.29) is 23.4 Å². The Kier molecular flexibility index (Phi) is 8.13. The van der Waals surface area contributed by atoms with E-state index in [9.17, 15) is 14.0 Å². The zero-order valence-corrected chi connectivity index (χ0v) is 16.8. The molecule has 0 radical (unpaired) electrons. The van der Waals surface area contributed by atoms with Crippen molar-refractivity contribution < 1.29 is 14.0 Å². The highest BCUT2D eigenvalue weighted by molar-refractivity contribution is 7.99. The predicted molar refractivity (Wildman–Crippen MR) is 108 cm³/mol. The third kappa shape index (κ3) is 6.26. The summed E-state index contributed by atoms with van der Waals surface area (Å²) in [7, 11) is 1.54. The second-order valence-electron chi connectivity index (χ2n) is 6.02. The number of hydrogen-bond acceptors (Lipinski definition) is 3. The van der Waals surface area contributed by atoms with Crippen LogP contribution >= 0.6 is 23.4 Å². The summed E-state index contributed by atoms with van der Waals surface area (Å²) in [6.45, 7) is 1.99. The minimum atomic E-state index is -0.618. The maximum Gasteiger partial charge on any atom is 0.242 e. The van der Waals surface area contributed by atoms with E-state index in [1.165, 1.54) is 29.8 Å². The number of likely N-dealkylation sites (N-methyl/N-ethyl adjacent to an activating group) is 1. The summed E-state index contributed by atoms with van der Waals surface area (Å²) in [5.41, 5.74) is 1.43. The van der Waals surface area contributed by atoms with E-state index in [1.807, 2.05) is 12.1 Å². The molecule has 1 N–H and O–H groups in total. The van der Waals surface area contributed by atoms with E-state index in [2.05, 4.69) is 5.32 Å². The van der Waals surface area contributed by atoms with Gasteiger partial charge in [0, 0.05) is 24.4 Å². The van der Waals surface area contributed by atoms with Crippen molar-refractivity contribution in [3.05, 3.63) is 70.5 Å². The van der Waals surface area contributed by atoms with Gasteiger partial charge in [-0.05, 0) is 36.2 Å². The van der Waals surface area contributed by atoms with Crippen LogP contribution in [0.3, 0.4) is 0 Å². The number of benzene rings is 2. The number of carbonyl (C=O) groups is 2. The Labute approximate surface area is 168 Å². The number of rotatable bonds is 8. The van der Waals surface area contributed by atoms with Gasteiger partial charge in [0.2, 0.25) is 11.8 Å². The van der Waals surface area contributed by atoms with Crippen LogP contribution in [0.25, 0.3) is 0 Å². The summed E-state index contributed by atoms with van der Waals surface area (Å²) < 4.78 is 13.7. The zero-order valence-electron chi connectivity index (χ0n) is 15.2. The maximum absolute atomic E-state index is 13.7. The fourth-order valence-electron chi connectivity index (χ4n) is 2.52. The van der Waals surface area contributed by atoms with Crippen LogP contribution in [0.2, 0.25) is 5.02 Å². The average molecular weight is 409 g/mol. The third-order valence-electron chi connectivity index (χ3n) is 4.12. The number of halogens is 2. The van der Waals surface area contributed by atoms with E-state index in [0.29, 0.717) is 22.9 Å². The van der Waals surface area contributed by atoms with E-state index in [4.69, 9.17) is 11.6 Å². The van der Waals surface area contributed by atoms with Gasteiger partial charge >= 0.3 is 0 Å². The molecule has 0 aliphatic rings. The van der Waals surface area contributed by atoms with E-state index in [1.54, 1.807) is 37.3 Å². The molecule has 0 aliphatic carbocycles. The van der Waals surface area contributed by atoms with Gasteiger partial charge in [0.25, 0.3) is 0 Å². The van der Waals surface area contributed by atoms with Crippen molar-refractivity contribution in [1.82, 2.24) is 10.2 Å². The molecule has 2 aromatic carbocycles. The van der Waals surface area contributed by atoms with Crippen LogP contribution in [0.1, 0.15) is 18.1 Å². The lowest BCUT2D eigenvalue weighted by molar-refractivity contribution is -0.138. The van der Waals surface area contributed by atoms with E-state index >= 15 is 0 Å². The Balaban J connectivity index is 2.04. The van der Waals surface area contributed by atoms with Gasteiger partial charge < -0.3 is 10.2 Å². The molecule has 0 aromatic heterocycles. The highest BCUT2D eigenvalue weighted by atomic mass is 35.5. The number of thioether (sulfide) groups is 1. The number of nitrogens with one attached hydrogen (secondary N) is 1. The Morgan fingerprint density at radius 2 is 1.85 bits per heavy atom. The number of carbonyl (C=O) groups excluding carboxylic acids is 2. The molecule has 144 valence electrons. The third-order valence-corrected chi connectivity index (χ3v) is 5.34. The standard InChI is InChI=1S/C20H22ClFN2O2S/c1-14(20(26)23-2)24(11-15-7-9-17(21)10-8-15)19(25)13-27-12-16-5-3-4-6-18(16)22/h3-10,14H,11-13H2,1-2H3,(H,23,26). The Morgan fingerprint density at radius 1 is 1.19 bits per heavy atom. The van der Waals surface area contributed by atoms with Gasteiger partial charge in [0.15, 0.2) is 0 Å². The molecule has 2 amide bonds. The lowest BCUT2D eigenvalue weighted by Crippen LogP contribution is -2.47. The minimum Gasteiger partial charge on any atom is -0.357 e. The van der Waals surface area contributed by atoms with Gasteiger partial charge in [0.05, 0.1) is 5.75 Å². The van der Waals surface area contributed by atoms with Gasteiger partial charge in [-0.15, -0.1) is 11.8 Å². The monoisotopic (exact) mass is 408 g/mol. The quantitative estimate of drug-likeness (QED) is 0.721. The Morgan fingerprint density at radius 3 is 2.48 bits per heavy atom. The Bertz CT molecular complexity index is 786. The first kappa shape index (κ1) is 21.3. The smallest absolute Gasteiger partial charge is 0.242 e. The zero-order chi connectivity index (χ0) is 19.8. The van der Waals surface area contributed by atoms with Crippen molar-refractivity contribution in [3.8, 4) is 0 Å². The lowest BCUT2D eigenvalue weighted by atomic mass is 10.1.